The Morgan fingerprint density at radius 3 is 2.53 bits per heavy atom. The van der Waals surface area contributed by atoms with E-state index in [9.17, 15) is 13.2 Å². The molecule has 0 amide bonds. The largest absolute Gasteiger partial charge is 0.411 e. The van der Waals surface area contributed by atoms with Crippen LogP contribution in [-0.2, 0) is 0 Å². The number of para-hydroxylation sites is 1. The van der Waals surface area contributed by atoms with Crippen LogP contribution in [0.1, 0.15) is 12.8 Å². The van der Waals surface area contributed by atoms with Crippen LogP contribution in [-0.4, -0.2) is 16.7 Å². The molecule has 1 aliphatic rings. The lowest BCUT2D eigenvalue weighted by atomic mass is 10.3. The van der Waals surface area contributed by atoms with Crippen LogP contribution >= 0.6 is 11.3 Å². The Morgan fingerprint density at radius 1 is 1.24 bits per heavy atom. The lowest BCUT2D eigenvalue weighted by Crippen LogP contribution is -2.38. The van der Waals surface area contributed by atoms with Crippen molar-refractivity contribution < 1.29 is 13.2 Å². The lowest BCUT2D eigenvalue weighted by Gasteiger charge is -2.19. The highest BCUT2D eigenvalue weighted by Gasteiger charge is 2.63. The summed E-state index contributed by atoms with van der Waals surface area (Å²) in [7, 11) is 0. The van der Waals surface area contributed by atoms with Gasteiger partial charge in [-0.2, -0.15) is 13.2 Å². The van der Waals surface area contributed by atoms with E-state index in [2.05, 4.69) is 10.3 Å². The molecule has 0 spiro atoms. The highest BCUT2D eigenvalue weighted by Crippen LogP contribution is 2.51. The Hall–Kier alpha value is -1.30. The van der Waals surface area contributed by atoms with Crippen molar-refractivity contribution >= 4 is 26.7 Å². The predicted molar refractivity (Wildman–Crippen MR) is 61.3 cm³/mol. The van der Waals surface area contributed by atoms with E-state index in [-0.39, 0.29) is 12.8 Å². The summed E-state index contributed by atoms with van der Waals surface area (Å²) in [6.07, 6.45) is -3.94. The fourth-order valence-electron chi connectivity index (χ4n) is 1.73. The summed E-state index contributed by atoms with van der Waals surface area (Å²) in [5.41, 5.74) is -1.00. The summed E-state index contributed by atoms with van der Waals surface area (Å²) in [6.45, 7) is 0. The Morgan fingerprint density at radius 2 is 1.94 bits per heavy atom. The fraction of sp³-hybridized carbons (Fsp3) is 0.364. The van der Waals surface area contributed by atoms with Gasteiger partial charge in [-0.3, -0.25) is 0 Å². The van der Waals surface area contributed by atoms with Gasteiger partial charge < -0.3 is 5.32 Å². The first-order chi connectivity index (χ1) is 8.00. The molecular formula is C11H9F3N2S. The molecule has 2 aromatic rings. The molecule has 3 rings (SSSR count). The number of hydrogen-bond acceptors (Lipinski definition) is 3. The minimum absolute atomic E-state index is 0.131. The van der Waals surface area contributed by atoms with Crippen molar-refractivity contribution in [3.05, 3.63) is 24.3 Å². The van der Waals surface area contributed by atoms with Crippen LogP contribution in [0.25, 0.3) is 10.2 Å². The summed E-state index contributed by atoms with van der Waals surface area (Å²) >= 11 is 1.26. The van der Waals surface area contributed by atoms with E-state index < -0.39 is 11.7 Å². The number of fused-ring (bicyclic) bond motifs is 1. The van der Waals surface area contributed by atoms with Gasteiger partial charge in [0.25, 0.3) is 0 Å². The van der Waals surface area contributed by atoms with E-state index in [0.29, 0.717) is 5.13 Å². The molecule has 1 aromatic carbocycles. The number of nitrogens with one attached hydrogen (secondary N) is 1. The smallest absolute Gasteiger partial charge is 0.347 e. The number of aromatic nitrogens is 1. The molecule has 1 fully saturated rings. The Balaban J connectivity index is 1.91. The monoisotopic (exact) mass is 258 g/mol. The number of anilines is 1. The van der Waals surface area contributed by atoms with Gasteiger partial charge in [-0.1, -0.05) is 23.5 Å². The molecule has 0 saturated heterocycles. The second-order valence-electron chi connectivity index (χ2n) is 4.19. The number of halogens is 3. The molecule has 1 saturated carbocycles. The molecule has 0 unspecified atom stereocenters. The van der Waals surface area contributed by atoms with Crippen LogP contribution in [0, 0.1) is 0 Å². The maximum atomic E-state index is 12.8. The second-order valence-corrected chi connectivity index (χ2v) is 5.22. The summed E-state index contributed by atoms with van der Waals surface area (Å²) in [6, 6.07) is 7.32. The SMILES string of the molecule is FC(F)(F)C1(Nc2nc3ccccc3s2)CC1. The molecule has 90 valence electrons. The van der Waals surface area contributed by atoms with Gasteiger partial charge in [0.15, 0.2) is 5.13 Å². The molecule has 0 bridgehead atoms. The second kappa shape index (κ2) is 3.35. The van der Waals surface area contributed by atoms with Crippen molar-refractivity contribution in [3.63, 3.8) is 0 Å². The molecule has 1 N–H and O–H groups in total. The molecule has 6 heteroatoms. The maximum Gasteiger partial charge on any atom is 0.411 e. The topological polar surface area (TPSA) is 24.9 Å². The van der Waals surface area contributed by atoms with Crippen molar-refractivity contribution in [2.45, 2.75) is 24.6 Å². The average Bonchev–Trinajstić information content (AvgIpc) is 2.92. The summed E-state index contributed by atoms with van der Waals surface area (Å²) in [4.78, 5) is 4.16. The molecule has 2 nitrogen and oxygen atoms in total. The number of alkyl halides is 3. The van der Waals surface area contributed by atoms with Gasteiger partial charge in [0.1, 0.15) is 5.54 Å². The Kier molecular flexibility index (Phi) is 2.13. The number of thiazole rings is 1. The average molecular weight is 258 g/mol. The number of rotatable bonds is 2. The van der Waals surface area contributed by atoms with Gasteiger partial charge in [-0.15, -0.1) is 0 Å². The van der Waals surface area contributed by atoms with E-state index in [1.54, 1.807) is 6.07 Å². The van der Waals surface area contributed by atoms with Crippen LogP contribution in [0.5, 0.6) is 0 Å². The molecule has 0 radical (unpaired) electrons. The zero-order valence-corrected chi connectivity index (χ0v) is 9.53. The minimum Gasteiger partial charge on any atom is -0.347 e. The van der Waals surface area contributed by atoms with Gasteiger partial charge in [0, 0.05) is 0 Å². The minimum atomic E-state index is -4.20. The van der Waals surface area contributed by atoms with Crippen LogP contribution in [0.4, 0.5) is 18.3 Å². The first-order valence-electron chi connectivity index (χ1n) is 5.21. The van der Waals surface area contributed by atoms with Crippen molar-refractivity contribution in [2.75, 3.05) is 5.32 Å². The normalized spacial score (nSPS) is 18.3. The van der Waals surface area contributed by atoms with E-state index in [4.69, 9.17) is 0 Å². The van der Waals surface area contributed by atoms with Crippen molar-refractivity contribution in [1.29, 1.82) is 0 Å². The van der Waals surface area contributed by atoms with Crippen LogP contribution in [0.15, 0.2) is 24.3 Å². The van der Waals surface area contributed by atoms with Crippen molar-refractivity contribution in [1.82, 2.24) is 4.98 Å². The third-order valence-electron chi connectivity index (χ3n) is 2.93. The number of benzene rings is 1. The lowest BCUT2D eigenvalue weighted by molar-refractivity contribution is -0.151. The van der Waals surface area contributed by atoms with Crippen molar-refractivity contribution in [2.24, 2.45) is 0 Å². The standard InChI is InChI=1S/C11H9F3N2S/c12-11(13,14)10(5-6-10)16-9-15-7-3-1-2-4-8(7)17-9/h1-4H,5-6H2,(H,15,16). The van der Waals surface area contributed by atoms with E-state index in [0.717, 1.165) is 10.2 Å². The van der Waals surface area contributed by atoms with Crippen LogP contribution in [0.2, 0.25) is 0 Å². The quantitative estimate of drug-likeness (QED) is 0.886. The molecule has 17 heavy (non-hydrogen) atoms. The highest BCUT2D eigenvalue weighted by atomic mass is 32.1. The highest BCUT2D eigenvalue weighted by molar-refractivity contribution is 7.22. The maximum absolute atomic E-state index is 12.8. The molecule has 0 atom stereocenters. The third-order valence-corrected chi connectivity index (χ3v) is 3.88. The van der Waals surface area contributed by atoms with Crippen LogP contribution in [0.3, 0.4) is 0 Å². The Labute approximate surface area is 99.5 Å². The van der Waals surface area contributed by atoms with Gasteiger partial charge in [-0.25, -0.2) is 4.98 Å². The zero-order valence-electron chi connectivity index (χ0n) is 8.71. The number of nitrogens with zero attached hydrogens (tertiary/aromatic N) is 1. The molecule has 1 aromatic heterocycles. The first kappa shape index (κ1) is 10.8. The molecular weight excluding hydrogens is 249 g/mol. The fourth-order valence-corrected chi connectivity index (χ4v) is 2.70. The van der Waals surface area contributed by atoms with E-state index >= 15 is 0 Å². The zero-order chi connectivity index (χ0) is 12.1. The van der Waals surface area contributed by atoms with Crippen molar-refractivity contribution in [3.8, 4) is 0 Å². The van der Waals surface area contributed by atoms with E-state index in [1.807, 2.05) is 18.2 Å². The van der Waals surface area contributed by atoms with Gasteiger partial charge in [0.2, 0.25) is 0 Å². The summed E-state index contributed by atoms with van der Waals surface area (Å²) in [5, 5.41) is 2.89. The van der Waals surface area contributed by atoms with Crippen LogP contribution < -0.4 is 5.32 Å². The predicted octanol–water partition coefficient (Wildman–Crippen LogP) is 3.80. The molecule has 0 aliphatic heterocycles. The molecule has 1 aliphatic carbocycles. The van der Waals surface area contributed by atoms with E-state index in [1.165, 1.54) is 11.3 Å². The third kappa shape index (κ3) is 1.76. The number of hydrogen-bond donors (Lipinski definition) is 1. The van der Waals surface area contributed by atoms with Gasteiger partial charge in [-0.05, 0) is 25.0 Å². The summed E-state index contributed by atoms with van der Waals surface area (Å²) < 4.78 is 39.2. The van der Waals surface area contributed by atoms with Gasteiger partial charge >= 0.3 is 6.18 Å². The first-order valence-corrected chi connectivity index (χ1v) is 6.02. The Bertz CT molecular complexity index is 524. The molecule has 1 heterocycles. The van der Waals surface area contributed by atoms with Gasteiger partial charge in [0.05, 0.1) is 10.2 Å². The summed E-state index contributed by atoms with van der Waals surface area (Å²) in [5.74, 6) is 0.